The molecule has 1 atom stereocenters. The first kappa shape index (κ1) is 12.3. The number of benzene rings is 1. The van der Waals surface area contributed by atoms with E-state index in [0.29, 0.717) is 4.83 Å². The second kappa shape index (κ2) is 5.42. The molecule has 1 unspecified atom stereocenters. The Kier molecular flexibility index (Phi) is 4.15. The lowest BCUT2D eigenvalue weighted by atomic mass is 9.81. The minimum absolute atomic E-state index is 0.371. The molecular formula is C13H16BrClO. The highest BCUT2D eigenvalue weighted by Gasteiger charge is 2.22. The molecule has 1 nitrogen and oxygen atoms in total. The van der Waals surface area contributed by atoms with Gasteiger partial charge in [-0.1, -0.05) is 52.9 Å². The Balaban J connectivity index is 2.06. The van der Waals surface area contributed by atoms with Crippen molar-refractivity contribution in [1.29, 1.82) is 0 Å². The molecule has 0 spiro atoms. The number of hydrogen-bond acceptors (Lipinski definition) is 1. The van der Waals surface area contributed by atoms with Crippen LogP contribution in [0.25, 0.3) is 0 Å². The van der Waals surface area contributed by atoms with Crippen molar-refractivity contribution >= 4 is 27.5 Å². The van der Waals surface area contributed by atoms with E-state index in [1.54, 1.807) is 7.11 Å². The van der Waals surface area contributed by atoms with Crippen molar-refractivity contribution in [2.45, 2.75) is 30.5 Å². The largest absolute Gasteiger partial charge is 0.497 e. The molecule has 0 saturated heterocycles. The summed E-state index contributed by atoms with van der Waals surface area (Å²) in [6.07, 6.45) is 5.32. The zero-order chi connectivity index (χ0) is 11.5. The topological polar surface area (TPSA) is 9.23 Å². The van der Waals surface area contributed by atoms with Crippen LogP contribution in [0.5, 0.6) is 5.75 Å². The molecule has 0 N–H and O–H groups in total. The van der Waals surface area contributed by atoms with Crippen LogP contribution in [0.3, 0.4) is 0 Å². The zero-order valence-electron chi connectivity index (χ0n) is 9.38. The van der Waals surface area contributed by atoms with E-state index < -0.39 is 0 Å². The maximum atomic E-state index is 6.24. The third kappa shape index (κ3) is 2.72. The maximum absolute atomic E-state index is 6.24. The standard InChI is InChI=1S/C13H16BrClO/c1-16-10-5-6-11(13(15)8-10)12(14)7-9-3-2-4-9/h5-6,8-9,12H,2-4,7H2,1H3. The van der Waals surface area contributed by atoms with Crippen molar-refractivity contribution in [1.82, 2.24) is 0 Å². The van der Waals surface area contributed by atoms with E-state index in [0.717, 1.165) is 16.7 Å². The van der Waals surface area contributed by atoms with Crippen LogP contribution in [0.1, 0.15) is 36.1 Å². The summed E-state index contributed by atoms with van der Waals surface area (Å²) in [5.41, 5.74) is 1.18. The molecular weight excluding hydrogens is 287 g/mol. The Morgan fingerprint density at radius 2 is 2.25 bits per heavy atom. The van der Waals surface area contributed by atoms with Gasteiger partial charge in [0.25, 0.3) is 0 Å². The lowest BCUT2D eigenvalue weighted by molar-refractivity contribution is 0.295. The SMILES string of the molecule is COc1ccc(C(Br)CC2CCC2)c(Cl)c1. The van der Waals surface area contributed by atoms with E-state index in [9.17, 15) is 0 Å². The number of ether oxygens (including phenoxy) is 1. The Hall–Kier alpha value is -0.210. The van der Waals surface area contributed by atoms with Crippen LogP contribution in [-0.2, 0) is 0 Å². The first-order chi connectivity index (χ1) is 7.70. The van der Waals surface area contributed by atoms with Crippen molar-refractivity contribution in [3.05, 3.63) is 28.8 Å². The van der Waals surface area contributed by atoms with E-state index >= 15 is 0 Å². The molecule has 1 aromatic carbocycles. The minimum Gasteiger partial charge on any atom is -0.497 e. The van der Waals surface area contributed by atoms with Gasteiger partial charge in [0.1, 0.15) is 5.75 Å². The fourth-order valence-electron chi connectivity index (χ4n) is 2.04. The highest BCUT2D eigenvalue weighted by atomic mass is 79.9. The minimum atomic E-state index is 0.371. The van der Waals surface area contributed by atoms with E-state index in [1.807, 2.05) is 12.1 Å². The van der Waals surface area contributed by atoms with Crippen molar-refractivity contribution in [3.63, 3.8) is 0 Å². The Morgan fingerprint density at radius 3 is 2.75 bits per heavy atom. The Bertz CT molecular complexity index is 363. The number of alkyl halides is 1. The smallest absolute Gasteiger partial charge is 0.120 e. The van der Waals surface area contributed by atoms with Gasteiger partial charge in [0, 0.05) is 9.85 Å². The summed E-state index contributed by atoms with van der Waals surface area (Å²) in [4.78, 5) is 0.371. The van der Waals surface area contributed by atoms with Crippen LogP contribution in [-0.4, -0.2) is 7.11 Å². The second-order valence-electron chi connectivity index (χ2n) is 4.39. The van der Waals surface area contributed by atoms with Gasteiger partial charge in [-0.3, -0.25) is 0 Å². The highest BCUT2D eigenvalue weighted by molar-refractivity contribution is 9.09. The van der Waals surface area contributed by atoms with Crippen LogP contribution in [0.2, 0.25) is 5.02 Å². The van der Waals surface area contributed by atoms with Crippen LogP contribution in [0, 0.1) is 5.92 Å². The van der Waals surface area contributed by atoms with Gasteiger partial charge in [-0.15, -0.1) is 0 Å². The molecule has 3 heteroatoms. The van der Waals surface area contributed by atoms with E-state index in [2.05, 4.69) is 22.0 Å². The lowest BCUT2D eigenvalue weighted by Crippen LogP contribution is -2.12. The maximum Gasteiger partial charge on any atom is 0.120 e. The molecule has 2 rings (SSSR count). The van der Waals surface area contributed by atoms with Gasteiger partial charge in [0.15, 0.2) is 0 Å². The molecule has 16 heavy (non-hydrogen) atoms. The predicted octanol–water partition coefficient (Wildman–Crippen LogP) is 4.97. The molecule has 1 saturated carbocycles. The zero-order valence-corrected chi connectivity index (χ0v) is 11.7. The third-order valence-electron chi connectivity index (χ3n) is 3.31. The summed E-state index contributed by atoms with van der Waals surface area (Å²) >= 11 is 9.97. The normalized spacial score (nSPS) is 17.9. The molecule has 0 aromatic heterocycles. The van der Waals surface area contributed by atoms with Crippen LogP contribution >= 0.6 is 27.5 Å². The van der Waals surface area contributed by atoms with Gasteiger partial charge in [-0.05, 0) is 30.0 Å². The highest BCUT2D eigenvalue weighted by Crippen LogP contribution is 2.41. The summed E-state index contributed by atoms with van der Waals surface area (Å²) in [6.45, 7) is 0. The molecule has 0 bridgehead atoms. The van der Waals surface area contributed by atoms with Gasteiger partial charge >= 0.3 is 0 Å². The summed E-state index contributed by atoms with van der Waals surface area (Å²) in [5, 5.41) is 0.792. The summed E-state index contributed by atoms with van der Waals surface area (Å²) < 4.78 is 5.14. The number of halogens is 2. The molecule has 1 aromatic rings. The van der Waals surface area contributed by atoms with Gasteiger partial charge < -0.3 is 4.74 Å². The van der Waals surface area contributed by atoms with Crippen LogP contribution in [0.15, 0.2) is 18.2 Å². The first-order valence-electron chi connectivity index (χ1n) is 5.68. The van der Waals surface area contributed by atoms with Crippen LogP contribution in [0.4, 0.5) is 0 Å². The second-order valence-corrected chi connectivity index (χ2v) is 5.90. The third-order valence-corrected chi connectivity index (χ3v) is 4.50. The van der Waals surface area contributed by atoms with Gasteiger partial charge in [-0.2, -0.15) is 0 Å². The van der Waals surface area contributed by atoms with Gasteiger partial charge in [0.05, 0.1) is 7.11 Å². The average Bonchev–Trinajstić information content (AvgIpc) is 2.23. The Morgan fingerprint density at radius 1 is 1.50 bits per heavy atom. The number of methoxy groups -OCH3 is 1. The van der Waals surface area contributed by atoms with Crippen molar-refractivity contribution < 1.29 is 4.74 Å². The summed E-state index contributed by atoms with van der Waals surface area (Å²) in [5.74, 6) is 1.69. The molecule has 0 aliphatic heterocycles. The van der Waals surface area contributed by atoms with Crippen molar-refractivity contribution in [2.75, 3.05) is 7.11 Å². The quantitative estimate of drug-likeness (QED) is 0.713. The lowest BCUT2D eigenvalue weighted by Gasteiger charge is -2.27. The monoisotopic (exact) mass is 302 g/mol. The number of rotatable bonds is 4. The number of hydrogen-bond donors (Lipinski definition) is 0. The van der Waals surface area contributed by atoms with E-state index in [4.69, 9.17) is 16.3 Å². The fraction of sp³-hybridized carbons (Fsp3) is 0.538. The molecule has 88 valence electrons. The van der Waals surface area contributed by atoms with Crippen molar-refractivity contribution in [3.8, 4) is 5.75 Å². The molecule has 1 aliphatic carbocycles. The Labute approximate surface area is 110 Å². The molecule has 1 fully saturated rings. The van der Waals surface area contributed by atoms with Gasteiger partial charge in [0.2, 0.25) is 0 Å². The first-order valence-corrected chi connectivity index (χ1v) is 6.97. The van der Waals surface area contributed by atoms with Gasteiger partial charge in [-0.25, -0.2) is 0 Å². The molecule has 0 heterocycles. The predicted molar refractivity (Wildman–Crippen MR) is 71.6 cm³/mol. The molecule has 0 amide bonds. The average molecular weight is 304 g/mol. The summed E-state index contributed by atoms with van der Waals surface area (Å²) in [6, 6.07) is 5.90. The molecule has 0 radical (unpaired) electrons. The van der Waals surface area contributed by atoms with Crippen LogP contribution < -0.4 is 4.74 Å². The van der Waals surface area contributed by atoms with Crippen molar-refractivity contribution in [2.24, 2.45) is 5.92 Å². The molecule has 1 aliphatic rings. The van der Waals surface area contributed by atoms with E-state index in [1.165, 1.54) is 31.2 Å². The van der Waals surface area contributed by atoms with E-state index in [-0.39, 0.29) is 0 Å². The fourth-order valence-corrected chi connectivity index (χ4v) is 3.40. The summed E-state index contributed by atoms with van der Waals surface area (Å²) in [7, 11) is 1.66.